The van der Waals surface area contributed by atoms with E-state index >= 15 is 4.39 Å². The molecule has 3 aliphatic rings. The second-order valence-electron chi connectivity index (χ2n) is 20.0. The second kappa shape index (κ2) is 18.2. The van der Waals surface area contributed by atoms with Gasteiger partial charge < -0.3 is 14.7 Å². The third-order valence-electron chi connectivity index (χ3n) is 11.3. The molecule has 0 saturated carbocycles. The fourth-order valence-corrected chi connectivity index (χ4v) is 11.6. The van der Waals surface area contributed by atoms with Gasteiger partial charge in [-0.15, -0.1) is 0 Å². The number of anilines is 5. The van der Waals surface area contributed by atoms with Crippen LogP contribution in [0.5, 0.6) is 5.75 Å². The van der Waals surface area contributed by atoms with Gasteiger partial charge in [0.2, 0.25) is 16.2 Å². The normalized spacial score (nSPS) is 17.6. The molecule has 22 heteroatoms. The number of hydrogen-bond donors (Lipinski definition) is 6. The van der Waals surface area contributed by atoms with E-state index in [4.69, 9.17) is 9.73 Å². The first-order chi connectivity index (χ1) is 31.5. The van der Waals surface area contributed by atoms with Gasteiger partial charge in [0, 0.05) is 29.8 Å². The van der Waals surface area contributed by atoms with Crippen LogP contribution < -0.4 is 29.9 Å². The van der Waals surface area contributed by atoms with Crippen LogP contribution in [0.15, 0.2) is 97.8 Å². The average molecular weight is 995 g/mol. The highest BCUT2D eigenvalue weighted by Gasteiger charge is 2.43. The number of rotatable bonds is 14. The van der Waals surface area contributed by atoms with E-state index in [-0.39, 0.29) is 38.5 Å². The third kappa shape index (κ3) is 11.3. The lowest BCUT2D eigenvalue weighted by molar-refractivity contribution is 0.122. The van der Waals surface area contributed by atoms with Crippen LogP contribution in [-0.2, 0) is 40.2 Å². The summed E-state index contributed by atoms with van der Waals surface area (Å²) in [6.07, 6.45) is 1.11. The molecule has 366 valence electrons. The summed E-state index contributed by atoms with van der Waals surface area (Å²) in [5.41, 5.74) is 8.58. The van der Waals surface area contributed by atoms with E-state index in [2.05, 4.69) is 69.8 Å². The van der Waals surface area contributed by atoms with Crippen molar-refractivity contribution in [2.24, 2.45) is 26.0 Å². The number of ether oxygens (including phenoxy) is 1. The number of benzene rings is 4. The average Bonchev–Trinajstić information content (AvgIpc) is 3.80. The Morgan fingerprint density at radius 3 is 2.10 bits per heavy atom. The van der Waals surface area contributed by atoms with Gasteiger partial charge in [-0.2, -0.15) is 15.3 Å². The molecule has 1 fully saturated rings. The molecule has 6 N–H and O–H groups in total. The van der Waals surface area contributed by atoms with Gasteiger partial charge in [0.25, 0.3) is 20.0 Å². The molecule has 3 aliphatic heterocycles. The molecule has 1 unspecified atom stereocenters. The van der Waals surface area contributed by atoms with E-state index < -0.39 is 52.4 Å². The smallest absolute Gasteiger partial charge is 0.264 e. The van der Waals surface area contributed by atoms with E-state index in [1.807, 2.05) is 32.6 Å². The van der Waals surface area contributed by atoms with Crippen LogP contribution in [0.3, 0.4) is 0 Å². The Morgan fingerprint density at radius 2 is 1.49 bits per heavy atom. The largest absolute Gasteiger partial charge is 0.506 e. The van der Waals surface area contributed by atoms with E-state index in [1.54, 1.807) is 36.4 Å². The zero-order valence-electron chi connectivity index (χ0n) is 39.7. The lowest BCUT2D eigenvalue weighted by atomic mass is 9.71. The van der Waals surface area contributed by atoms with Gasteiger partial charge in [-0.3, -0.25) is 25.0 Å². The highest BCUT2D eigenvalue weighted by atomic mass is 32.2. The minimum absolute atomic E-state index is 0.0123. The van der Waals surface area contributed by atoms with Crippen molar-refractivity contribution in [2.45, 2.75) is 90.1 Å². The number of hydrazone groups is 2. The summed E-state index contributed by atoms with van der Waals surface area (Å²) >= 11 is 0. The molecule has 68 heavy (non-hydrogen) atoms. The van der Waals surface area contributed by atoms with Crippen LogP contribution in [0.25, 0.3) is 0 Å². The Bertz CT molecular complexity index is 3050. The molecule has 0 aromatic heterocycles. The summed E-state index contributed by atoms with van der Waals surface area (Å²) in [5.74, 6) is -0.772. The van der Waals surface area contributed by atoms with E-state index in [0.29, 0.717) is 60.5 Å². The Kier molecular flexibility index (Phi) is 13.3. The maximum absolute atomic E-state index is 15.8. The number of aromatic hydroxyl groups is 1. The maximum Gasteiger partial charge on any atom is 0.264 e. The fourth-order valence-electron chi connectivity index (χ4n) is 8.68. The van der Waals surface area contributed by atoms with Gasteiger partial charge in [-0.05, 0) is 108 Å². The van der Waals surface area contributed by atoms with Crippen molar-refractivity contribution in [1.29, 1.82) is 0 Å². The summed E-state index contributed by atoms with van der Waals surface area (Å²) in [6.45, 7) is 19.6. The predicted molar refractivity (Wildman–Crippen MR) is 266 cm³/mol. The van der Waals surface area contributed by atoms with Gasteiger partial charge in [0.15, 0.2) is 5.84 Å². The van der Waals surface area contributed by atoms with Gasteiger partial charge in [-0.25, -0.2) is 34.6 Å². The van der Waals surface area contributed by atoms with E-state index in [1.165, 1.54) is 35.4 Å². The summed E-state index contributed by atoms with van der Waals surface area (Å²) in [7, 11) is -12.4. The van der Waals surface area contributed by atoms with E-state index in [9.17, 15) is 30.4 Å². The summed E-state index contributed by atoms with van der Waals surface area (Å²) in [5, 5.41) is 21.9. The number of sulfonamides is 3. The number of amidine groups is 1. The third-order valence-corrected chi connectivity index (χ3v) is 14.6. The topological polar surface area (TPSA) is 236 Å². The first kappa shape index (κ1) is 49.9. The molecule has 18 nitrogen and oxygen atoms in total. The number of aliphatic imine (C=N–C) groups is 1. The number of aryl methyl sites for hydroxylation is 1. The molecule has 1 atom stereocenters. The van der Waals surface area contributed by atoms with Crippen LogP contribution in [0.4, 0.5) is 32.8 Å². The highest BCUT2D eigenvalue weighted by molar-refractivity contribution is 7.93. The van der Waals surface area contributed by atoms with Crippen molar-refractivity contribution in [3.05, 3.63) is 95.3 Å². The van der Waals surface area contributed by atoms with Crippen LogP contribution in [0.2, 0.25) is 0 Å². The minimum atomic E-state index is -4.50. The monoisotopic (exact) mass is 994 g/mol. The Hall–Kier alpha value is -5.97. The van der Waals surface area contributed by atoms with Crippen LogP contribution in [0, 0.1) is 23.6 Å². The Morgan fingerprint density at radius 1 is 0.824 bits per heavy atom. The van der Waals surface area contributed by atoms with Crippen LogP contribution in [0.1, 0.15) is 78.5 Å². The number of halogens is 1. The lowest BCUT2D eigenvalue weighted by Crippen LogP contribution is -2.37. The lowest BCUT2D eigenvalue weighted by Gasteiger charge is -2.34. The molecule has 7 rings (SSSR count). The van der Waals surface area contributed by atoms with Crippen LogP contribution >= 0.6 is 0 Å². The molecular weight excluding hydrogens is 936 g/mol. The molecule has 0 spiro atoms. The number of nitrogens with one attached hydrogen (secondary N) is 5. The van der Waals surface area contributed by atoms with Crippen molar-refractivity contribution in [3.63, 3.8) is 0 Å². The first-order valence-corrected chi connectivity index (χ1v) is 26.7. The Balaban J connectivity index is 1.13. The minimum Gasteiger partial charge on any atom is -0.506 e. The van der Waals surface area contributed by atoms with Gasteiger partial charge in [0.1, 0.15) is 22.2 Å². The van der Waals surface area contributed by atoms with Crippen molar-refractivity contribution in [2.75, 3.05) is 57.1 Å². The molecule has 0 radical (unpaired) electrons. The molecule has 1 saturated heterocycles. The highest BCUT2D eigenvalue weighted by Crippen LogP contribution is 2.42. The zero-order valence-corrected chi connectivity index (χ0v) is 42.1. The number of nitrogens with zero attached hydrogens (tertiary/aromatic N) is 5. The number of fused-ring (bicyclic) bond motifs is 1. The van der Waals surface area contributed by atoms with Crippen molar-refractivity contribution < 1.29 is 39.5 Å². The molecule has 4 aromatic carbocycles. The number of phenols is 1. The number of morpholine rings is 1. The molecule has 4 aromatic rings. The fraction of sp³-hybridized carbons (Fsp3) is 0.413. The quantitative estimate of drug-likeness (QED) is 0.0547. The molecule has 0 amide bonds. The summed E-state index contributed by atoms with van der Waals surface area (Å²) in [6, 6.07) is 17.1. The SMILES string of the molecule is Cc1cc(NS(=O)(=O)c2cc(NS(=O)(=O)c3ccc(N/N=C4/C(C(C)(C)C)=NN5NC(c6ccc(NS(C)(=O)=O)cc6)=NC45)c(F)c3)ccc2N2CCOCC2)c(O)cc1C(C)(C)CC(C)(C)C. The molecule has 0 bridgehead atoms. The van der Waals surface area contributed by atoms with Gasteiger partial charge >= 0.3 is 0 Å². The standard InChI is InChI=1S/C46H59FN10O8S3/c1-28-23-36(38(58)26-33(28)46(8,9)27-44(2,3)4)55-68(63,64)39-24-31(15-18-37(39)56-19-21-65-22-20-56)54-67(61,62)32-16-17-35(34(47)25-32)49-50-40-41(45(5,6)7)51-57-43(40)48-42(52-57)29-11-13-30(14-12-29)53-66(10,59)60/h11-18,23-26,43,49,53-55,58H,19-22,27H2,1-10H3,(H,48,52)/b50-40-. The van der Waals surface area contributed by atoms with Crippen molar-refractivity contribution in [3.8, 4) is 5.75 Å². The number of hydrogen-bond acceptors (Lipinski definition) is 15. The zero-order chi connectivity index (χ0) is 49.8. The molecular formula is C46H59FN10O8S3. The van der Waals surface area contributed by atoms with E-state index in [0.717, 1.165) is 29.9 Å². The number of hydrazine groups is 1. The molecule has 0 aliphatic carbocycles. The summed E-state index contributed by atoms with van der Waals surface area (Å²) < 4.78 is 108. The summed E-state index contributed by atoms with van der Waals surface area (Å²) in [4.78, 5) is 5.88. The number of phenolic OH excluding ortho intramolecular Hbond substituents is 1. The predicted octanol–water partition coefficient (Wildman–Crippen LogP) is 7.14. The molecule has 3 heterocycles. The van der Waals surface area contributed by atoms with Crippen LogP contribution in [-0.4, -0.2) is 91.5 Å². The maximum atomic E-state index is 15.8. The van der Waals surface area contributed by atoms with Crippen molar-refractivity contribution in [1.82, 2.24) is 10.5 Å². The van der Waals surface area contributed by atoms with Gasteiger partial charge in [0.05, 0.1) is 52.8 Å². The Labute approximate surface area is 398 Å². The van der Waals surface area contributed by atoms with Gasteiger partial charge in [-0.1, -0.05) is 55.4 Å². The first-order valence-electron chi connectivity index (χ1n) is 21.8. The second-order valence-corrected chi connectivity index (χ2v) is 25.1. The van der Waals surface area contributed by atoms with Crippen molar-refractivity contribution >= 4 is 75.8 Å².